The molecule has 0 aliphatic carbocycles. The second-order valence-corrected chi connectivity index (χ2v) is 4.96. The highest BCUT2D eigenvalue weighted by Gasteiger charge is 2.34. The smallest absolute Gasteiger partial charge is 0.328 e. The van der Waals surface area contributed by atoms with Crippen LogP contribution >= 0.6 is 11.6 Å². The molecule has 0 radical (unpaired) electrons. The molecular weight excluding hydrogens is 321 g/mol. The lowest BCUT2D eigenvalue weighted by atomic mass is 10.3. The molecule has 0 saturated carbocycles. The predicted octanol–water partition coefficient (Wildman–Crippen LogP) is 2.61. The Morgan fingerprint density at radius 1 is 1.23 bits per heavy atom. The number of rotatable bonds is 2. The highest BCUT2D eigenvalue weighted by Crippen LogP contribution is 2.28. The van der Waals surface area contributed by atoms with Crippen LogP contribution in [0.25, 0.3) is 5.65 Å². The van der Waals surface area contributed by atoms with Crippen LogP contribution in [-0.4, -0.2) is 19.2 Å². The zero-order valence-corrected chi connectivity index (χ0v) is 11.6. The molecule has 0 unspecified atom stereocenters. The minimum Gasteiger partial charge on any atom is -0.328 e. The normalized spacial score (nSPS) is 12.0. The maximum Gasteiger partial charge on any atom is 0.435 e. The summed E-state index contributed by atoms with van der Waals surface area (Å²) in [6.07, 6.45) is -1.69. The Morgan fingerprint density at radius 3 is 2.64 bits per heavy atom. The summed E-state index contributed by atoms with van der Waals surface area (Å²) in [6, 6.07) is 5.27. The van der Waals surface area contributed by atoms with E-state index in [2.05, 4.69) is 10.1 Å². The molecule has 9 heteroatoms. The summed E-state index contributed by atoms with van der Waals surface area (Å²) in [4.78, 5) is 15.6. The van der Waals surface area contributed by atoms with Gasteiger partial charge in [-0.3, -0.25) is 4.79 Å². The monoisotopic (exact) mass is 328 g/mol. The average molecular weight is 329 g/mol. The van der Waals surface area contributed by atoms with Gasteiger partial charge in [-0.2, -0.15) is 22.8 Å². The van der Waals surface area contributed by atoms with E-state index in [-0.39, 0.29) is 12.2 Å². The van der Waals surface area contributed by atoms with Gasteiger partial charge in [0.05, 0.1) is 6.54 Å². The van der Waals surface area contributed by atoms with Gasteiger partial charge in [0.25, 0.3) is 5.56 Å². The van der Waals surface area contributed by atoms with E-state index >= 15 is 0 Å². The number of aromatic nitrogens is 4. The van der Waals surface area contributed by atoms with Gasteiger partial charge in [-0.25, -0.2) is 4.98 Å². The molecule has 5 nitrogen and oxygen atoms in total. The molecule has 3 heterocycles. The largest absolute Gasteiger partial charge is 0.435 e. The van der Waals surface area contributed by atoms with Crippen LogP contribution in [0.4, 0.5) is 13.2 Å². The summed E-state index contributed by atoms with van der Waals surface area (Å²) in [5.41, 5.74) is -0.964. The number of halogens is 4. The quantitative estimate of drug-likeness (QED) is 0.680. The minimum atomic E-state index is -4.61. The lowest BCUT2D eigenvalue weighted by molar-refractivity contribution is -0.141. The van der Waals surface area contributed by atoms with Crippen molar-refractivity contribution in [3.05, 3.63) is 63.4 Å². The molecule has 0 atom stereocenters. The topological polar surface area (TPSA) is 52.2 Å². The number of hydrogen-bond donors (Lipinski definition) is 0. The van der Waals surface area contributed by atoms with E-state index in [4.69, 9.17) is 11.6 Å². The zero-order valence-electron chi connectivity index (χ0n) is 10.9. The molecule has 3 rings (SSSR count). The summed E-state index contributed by atoms with van der Waals surface area (Å²) in [5.74, 6) is 0. The van der Waals surface area contributed by atoms with Crippen LogP contribution in [0.1, 0.15) is 11.3 Å². The summed E-state index contributed by atoms with van der Waals surface area (Å²) < 4.78 is 40.5. The molecule has 0 spiro atoms. The summed E-state index contributed by atoms with van der Waals surface area (Å²) in [5, 5.41) is 3.64. The molecule has 0 amide bonds. The average Bonchev–Trinajstić information content (AvgIpc) is 2.90. The maximum absolute atomic E-state index is 12.7. The van der Waals surface area contributed by atoms with Crippen molar-refractivity contribution < 1.29 is 13.2 Å². The highest BCUT2D eigenvalue weighted by molar-refractivity contribution is 6.29. The van der Waals surface area contributed by atoms with E-state index < -0.39 is 17.4 Å². The second kappa shape index (κ2) is 5.13. The van der Waals surface area contributed by atoms with E-state index in [0.29, 0.717) is 5.15 Å². The first-order valence-corrected chi connectivity index (χ1v) is 6.49. The van der Waals surface area contributed by atoms with E-state index in [0.717, 1.165) is 22.2 Å². The maximum atomic E-state index is 12.7. The van der Waals surface area contributed by atoms with Gasteiger partial charge in [0, 0.05) is 24.5 Å². The number of nitrogens with zero attached hydrogens (tertiary/aromatic N) is 4. The third kappa shape index (κ3) is 2.69. The second-order valence-electron chi connectivity index (χ2n) is 4.57. The van der Waals surface area contributed by atoms with Crippen molar-refractivity contribution in [2.24, 2.45) is 0 Å². The van der Waals surface area contributed by atoms with Crippen molar-refractivity contribution in [3.63, 3.8) is 0 Å². The van der Waals surface area contributed by atoms with Gasteiger partial charge in [-0.1, -0.05) is 17.7 Å². The Balaban J connectivity index is 2.10. The third-order valence-electron chi connectivity index (χ3n) is 3.02. The molecule has 114 valence electrons. The van der Waals surface area contributed by atoms with Gasteiger partial charge in [-0.05, 0) is 11.6 Å². The van der Waals surface area contributed by atoms with E-state index in [1.807, 2.05) is 0 Å². The molecule has 0 fully saturated rings. The molecule has 0 aliphatic heterocycles. The zero-order chi connectivity index (χ0) is 15.9. The predicted molar refractivity (Wildman–Crippen MR) is 72.8 cm³/mol. The lowest BCUT2D eigenvalue weighted by Gasteiger charge is -2.08. The van der Waals surface area contributed by atoms with Crippen molar-refractivity contribution in [2.75, 3.05) is 0 Å². The SMILES string of the molecule is O=c1ccn(Cc2ccc(Cl)nc2)c2cc(C(F)(F)F)nn12. The fraction of sp³-hybridized carbons (Fsp3) is 0.154. The molecular formula is C13H8ClF3N4O. The molecule has 0 aromatic carbocycles. The molecule has 0 aliphatic rings. The van der Waals surface area contributed by atoms with E-state index in [9.17, 15) is 18.0 Å². The Bertz CT molecular complexity index is 883. The molecule has 3 aromatic heterocycles. The summed E-state index contributed by atoms with van der Waals surface area (Å²) in [6.45, 7) is 0.233. The molecule has 0 bridgehead atoms. The third-order valence-corrected chi connectivity index (χ3v) is 3.25. The Labute approximate surface area is 126 Å². The van der Waals surface area contributed by atoms with Crippen molar-refractivity contribution in [3.8, 4) is 0 Å². The van der Waals surface area contributed by atoms with E-state index in [1.54, 1.807) is 12.1 Å². The lowest BCUT2D eigenvalue weighted by Crippen LogP contribution is -2.18. The first-order valence-electron chi connectivity index (χ1n) is 6.11. The van der Waals surface area contributed by atoms with Gasteiger partial charge in [-0.15, -0.1) is 0 Å². The van der Waals surface area contributed by atoms with Gasteiger partial charge in [0.1, 0.15) is 10.8 Å². The van der Waals surface area contributed by atoms with Crippen LogP contribution in [0.2, 0.25) is 5.15 Å². The van der Waals surface area contributed by atoms with Crippen LogP contribution in [0.3, 0.4) is 0 Å². The number of hydrogen-bond acceptors (Lipinski definition) is 3. The summed E-state index contributed by atoms with van der Waals surface area (Å²) in [7, 11) is 0. The van der Waals surface area contributed by atoms with Crippen molar-refractivity contribution in [2.45, 2.75) is 12.7 Å². The van der Waals surface area contributed by atoms with Gasteiger partial charge >= 0.3 is 6.18 Å². The van der Waals surface area contributed by atoms with Crippen LogP contribution < -0.4 is 5.56 Å². The van der Waals surface area contributed by atoms with Gasteiger partial charge < -0.3 is 4.57 Å². The first kappa shape index (κ1) is 14.6. The minimum absolute atomic E-state index is 0.0507. The van der Waals surface area contributed by atoms with Crippen LogP contribution in [0.15, 0.2) is 41.5 Å². The summed E-state index contributed by atoms with van der Waals surface area (Å²) >= 11 is 5.69. The van der Waals surface area contributed by atoms with Crippen LogP contribution in [0, 0.1) is 0 Å². The fourth-order valence-electron chi connectivity index (χ4n) is 2.01. The standard InChI is InChI=1S/C13H8ClF3N4O/c14-10-2-1-8(6-18-10)7-20-4-3-12(22)21-11(20)5-9(19-21)13(15,16)17/h1-6H,7H2. The molecule has 0 N–H and O–H groups in total. The van der Waals surface area contributed by atoms with Crippen molar-refractivity contribution in [1.82, 2.24) is 19.2 Å². The molecule has 3 aromatic rings. The fourth-order valence-corrected chi connectivity index (χ4v) is 2.12. The van der Waals surface area contributed by atoms with Gasteiger partial charge in [0.2, 0.25) is 0 Å². The van der Waals surface area contributed by atoms with E-state index in [1.165, 1.54) is 17.0 Å². The molecule has 22 heavy (non-hydrogen) atoms. The number of fused-ring (bicyclic) bond motifs is 1. The van der Waals surface area contributed by atoms with Crippen molar-refractivity contribution in [1.29, 1.82) is 0 Å². The van der Waals surface area contributed by atoms with Crippen molar-refractivity contribution >= 4 is 17.2 Å². The van der Waals surface area contributed by atoms with Crippen LogP contribution in [-0.2, 0) is 12.7 Å². The van der Waals surface area contributed by atoms with Crippen LogP contribution in [0.5, 0.6) is 0 Å². The first-order chi connectivity index (χ1) is 10.3. The Morgan fingerprint density at radius 2 is 2.00 bits per heavy atom. The molecule has 0 saturated heterocycles. The Hall–Kier alpha value is -2.35. The van der Waals surface area contributed by atoms with Gasteiger partial charge in [0.15, 0.2) is 5.69 Å². The Kier molecular flexibility index (Phi) is 3.40. The highest BCUT2D eigenvalue weighted by atomic mass is 35.5. The number of pyridine rings is 1. The number of alkyl halides is 3.